The van der Waals surface area contributed by atoms with Crippen LogP contribution in [0.1, 0.15) is 0 Å². The molecule has 3 nitrogen and oxygen atoms in total. The first-order chi connectivity index (χ1) is 14.9. The van der Waals surface area contributed by atoms with Gasteiger partial charge in [-0.1, -0.05) is 48.5 Å². The van der Waals surface area contributed by atoms with E-state index in [4.69, 9.17) is 9.97 Å². The van der Waals surface area contributed by atoms with Gasteiger partial charge in [0.05, 0.1) is 27.9 Å². The predicted molar refractivity (Wildman–Crippen MR) is 122 cm³/mol. The molecule has 0 aliphatic rings. The van der Waals surface area contributed by atoms with Gasteiger partial charge in [-0.15, -0.1) is 0 Å². The van der Waals surface area contributed by atoms with E-state index in [2.05, 4.69) is 41.4 Å². The number of hydrogen-bond acceptors (Lipinski definition) is 3. The minimum atomic E-state index is 0.905. The number of pyridine rings is 3. The van der Waals surface area contributed by atoms with Crippen molar-refractivity contribution >= 4 is 32.7 Å². The molecule has 0 fully saturated rings. The van der Waals surface area contributed by atoms with Gasteiger partial charge in [0.2, 0.25) is 0 Å². The molecule has 3 heteroatoms. The number of benzene rings is 3. The molecular weight excluding hydrogens is 366 g/mol. The maximum absolute atomic E-state index is 5.06. The Balaban J connectivity index is 1.70. The zero-order valence-corrected chi connectivity index (χ0v) is 16.1. The molecule has 3 heterocycles. The molecule has 30 heavy (non-hydrogen) atoms. The van der Waals surface area contributed by atoms with Crippen molar-refractivity contribution < 1.29 is 0 Å². The van der Waals surface area contributed by atoms with Crippen LogP contribution < -0.4 is 0 Å². The Bertz CT molecular complexity index is 1550. The van der Waals surface area contributed by atoms with Crippen molar-refractivity contribution in [1.29, 1.82) is 0 Å². The van der Waals surface area contributed by atoms with Gasteiger partial charge in [0, 0.05) is 33.5 Å². The van der Waals surface area contributed by atoms with Crippen molar-refractivity contribution in [2.24, 2.45) is 0 Å². The Kier molecular flexibility index (Phi) is 3.78. The van der Waals surface area contributed by atoms with Gasteiger partial charge < -0.3 is 0 Å². The van der Waals surface area contributed by atoms with Gasteiger partial charge in [0.1, 0.15) is 0 Å². The third-order valence-corrected chi connectivity index (χ3v) is 5.44. The first kappa shape index (κ1) is 16.8. The largest absolute Gasteiger partial charge is 0.256 e. The molecule has 0 N–H and O–H groups in total. The second kappa shape index (κ2) is 6.75. The van der Waals surface area contributed by atoms with Crippen molar-refractivity contribution in [3.8, 4) is 22.5 Å². The smallest absolute Gasteiger partial charge is 0.0811 e. The fourth-order valence-corrected chi connectivity index (χ4v) is 3.98. The Labute approximate surface area is 173 Å². The van der Waals surface area contributed by atoms with E-state index in [0.29, 0.717) is 0 Å². The van der Waals surface area contributed by atoms with E-state index in [1.165, 1.54) is 0 Å². The van der Waals surface area contributed by atoms with E-state index in [9.17, 15) is 0 Å². The minimum Gasteiger partial charge on any atom is -0.256 e. The van der Waals surface area contributed by atoms with Gasteiger partial charge in [0.15, 0.2) is 0 Å². The molecule has 139 valence electrons. The van der Waals surface area contributed by atoms with Crippen molar-refractivity contribution in [3.05, 3.63) is 103 Å². The highest BCUT2D eigenvalue weighted by Crippen LogP contribution is 2.36. The van der Waals surface area contributed by atoms with E-state index in [1.54, 1.807) is 0 Å². The quantitative estimate of drug-likeness (QED) is 0.345. The maximum atomic E-state index is 5.06. The maximum Gasteiger partial charge on any atom is 0.0811 e. The molecule has 3 aromatic heterocycles. The SMILES string of the molecule is [c]1ccc2nc(-c3ccnc4ccccc34)c(-c3ccc4ccccc4n3)cc2c1. The standard InChI is InChI=1S/C27H16N3/c1-4-10-23-18(7-1)13-14-26(29-23)22-17-19-8-2-5-11-24(19)30-27(22)21-15-16-28-25-12-6-3-9-20(21)25/h1,3-17H. The molecule has 6 rings (SSSR count). The predicted octanol–water partition coefficient (Wildman–Crippen LogP) is 6.47. The first-order valence-corrected chi connectivity index (χ1v) is 9.88. The van der Waals surface area contributed by atoms with Crippen LogP contribution in [0.2, 0.25) is 0 Å². The number of aromatic nitrogens is 3. The Hall–Kier alpha value is -4.11. The summed E-state index contributed by atoms with van der Waals surface area (Å²) in [6, 6.07) is 33.8. The van der Waals surface area contributed by atoms with Crippen LogP contribution in [0.25, 0.3) is 55.2 Å². The fraction of sp³-hybridized carbons (Fsp3) is 0. The normalized spacial score (nSPS) is 11.3. The number of para-hydroxylation sites is 2. The molecule has 0 amide bonds. The van der Waals surface area contributed by atoms with Gasteiger partial charge in [0.25, 0.3) is 0 Å². The molecule has 0 bridgehead atoms. The lowest BCUT2D eigenvalue weighted by Crippen LogP contribution is -1.95. The van der Waals surface area contributed by atoms with Crippen LogP contribution in [0.3, 0.4) is 0 Å². The lowest BCUT2D eigenvalue weighted by molar-refractivity contribution is 1.34. The summed E-state index contributed by atoms with van der Waals surface area (Å²) >= 11 is 0. The monoisotopic (exact) mass is 382 g/mol. The highest BCUT2D eigenvalue weighted by Gasteiger charge is 2.15. The first-order valence-electron chi connectivity index (χ1n) is 9.88. The Morgan fingerprint density at radius 3 is 2.43 bits per heavy atom. The average Bonchev–Trinajstić information content (AvgIpc) is 2.82. The van der Waals surface area contributed by atoms with Gasteiger partial charge >= 0.3 is 0 Å². The fourth-order valence-electron chi connectivity index (χ4n) is 3.98. The molecule has 0 aliphatic heterocycles. The van der Waals surface area contributed by atoms with Gasteiger partial charge in [-0.25, -0.2) is 9.97 Å². The van der Waals surface area contributed by atoms with Crippen LogP contribution in [0, 0.1) is 6.07 Å². The number of rotatable bonds is 2. The summed E-state index contributed by atoms with van der Waals surface area (Å²) in [4.78, 5) is 14.5. The summed E-state index contributed by atoms with van der Waals surface area (Å²) < 4.78 is 0. The van der Waals surface area contributed by atoms with Crippen molar-refractivity contribution in [1.82, 2.24) is 15.0 Å². The van der Waals surface area contributed by atoms with Crippen LogP contribution in [0.4, 0.5) is 0 Å². The zero-order valence-electron chi connectivity index (χ0n) is 16.1. The summed E-state index contributed by atoms with van der Waals surface area (Å²) in [6.45, 7) is 0. The number of nitrogens with zero attached hydrogens (tertiary/aromatic N) is 3. The Morgan fingerprint density at radius 2 is 1.47 bits per heavy atom. The van der Waals surface area contributed by atoms with Crippen LogP contribution in [-0.2, 0) is 0 Å². The van der Waals surface area contributed by atoms with Gasteiger partial charge in [-0.2, -0.15) is 0 Å². The lowest BCUT2D eigenvalue weighted by atomic mass is 9.97. The van der Waals surface area contributed by atoms with Crippen LogP contribution in [0.5, 0.6) is 0 Å². The van der Waals surface area contributed by atoms with Crippen LogP contribution in [-0.4, -0.2) is 15.0 Å². The summed E-state index contributed by atoms with van der Waals surface area (Å²) in [5.74, 6) is 0. The van der Waals surface area contributed by atoms with E-state index in [0.717, 1.165) is 55.2 Å². The minimum absolute atomic E-state index is 0.905. The van der Waals surface area contributed by atoms with Crippen molar-refractivity contribution in [2.75, 3.05) is 0 Å². The van der Waals surface area contributed by atoms with E-state index < -0.39 is 0 Å². The molecule has 0 saturated heterocycles. The van der Waals surface area contributed by atoms with Crippen LogP contribution >= 0.6 is 0 Å². The van der Waals surface area contributed by atoms with E-state index >= 15 is 0 Å². The highest BCUT2D eigenvalue weighted by atomic mass is 14.7. The molecule has 1 radical (unpaired) electrons. The molecule has 0 aliphatic carbocycles. The number of fused-ring (bicyclic) bond motifs is 3. The second-order valence-corrected chi connectivity index (χ2v) is 7.27. The second-order valence-electron chi connectivity index (χ2n) is 7.27. The average molecular weight is 382 g/mol. The summed E-state index contributed by atoms with van der Waals surface area (Å²) in [5.41, 5.74) is 6.74. The molecule has 0 atom stereocenters. The van der Waals surface area contributed by atoms with E-state index in [1.807, 2.05) is 66.9 Å². The highest BCUT2D eigenvalue weighted by molar-refractivity contribution is 6.00. The van der Waals surface area contributed by atoms with Crippen molar-refractivity contribution in [2.45, 2.75) is 0 Å². The zero-order chi connectivity index (χ0) is 19.9. The topological polar surface area (TPSA) is 38.7 Å². The molecular formula is C27H16N3. The summed E-state index contributed by atoms with van der Waals surface area (Å²) in [7, 11) is 0. The summed E-state index contributed by atoms with van der Waals surface area (Å²) in [6.07, 6.45) is 1.85. The lowest BCUT2D eigenvalue weighted by Gasteiger charge is -2.13. The van der Waals surface area contributed by atoms with Gasteiger partial charge in [-0.05, 0) is 48.5 Å². The third kappa shape index (κ3) is 2.72. The van der Waals surface area contributed by atoms with E-state index in [-0.39, 0.29) is 0 Å². The molecule has 6 aromatic rings. The van der Waals surface area contributed by atoms with Crippen molar-refractivity contribution in [3.63, 3.8) is 0 Å². The molecule has 0 spiro atoms. The number of hydrogen-bond donors (Lipinski definition) is 0. The molecule has 0 saturated carbocycles. The van der Waals surface area contributed by atoms with Gasteiger partial charge in [-0.3, -0.25) is 4.98 Å². The molecule has 0 unspecified atom stereocenters. The Morgan fingerprint density at radius 1 is 0.633 bits per heavy atom. The summed E-state index contributed by atoms with van der Waals surface area (Å²) in [5, 5.41) is 3.25. The van der Waals surface area contributed by atoms with Crippen LogP contribution in [0.15, 0.2) is 97.2 Å². The third-order valence-electron chi connectivity index (χ3n) is 5.44. The molecule has 3 aromatic carbocycles.